The summed E-state index contributed by atoms with van der Waals surface area (Å²) in [6, 6.07) is 29.3. The van der Waals surface area contributed by atoms with Gasteiger partial charge in [-0.05, 0) is 90.2 Å². The van der Waals surface area contributed by atoms with E-state index in [1.807, 2.05) is 86.1 Å². The summed E-state index contributed by atoms with van der Waals surface area (Å²) in [5.74, 6) is -0.366. The highest BCUT2D eigenvalue weighted by atomic mass is 35.5. The SMILES string of the molecule is C=CC(=O)OCCCOc1ccc(-c2ccc(-c3c(O)cc(-c4ccc(/C=C/C)c(Cl)c4)cc3/C(C)=N/N=c3\sc4ccccc4n3C)cc2F)cc1. The van der Waals surface area contributed by atoms with Gasteiger partial charge in [0.25, 0.3) is 0 Å². The van der Waals surface area contributed by atoms with Crippen molar-refractivity contribution in [3.63, 3.8) is 0 Å². The Bertz CT molecular complexity index is 2450. The maximum atomic E-state index is 15.9. The number of allylic oxidation sites excluding steroid dienone is 1. The molecule has 10 heteroatoms. The van der Waals surface area contributed by atoms with Crippen LogP contribution in [0.1, 0.15) is 31.4 Å². The Labute approximate surface area is 316 Å². The number of ether oxygens (including phenoxy) is 2. The molecule has 0 spiro atoms. The van der Waals surface area contributed by atoms with Crippen LogP contribution in [0.25, 0.3) is 49.7 Å². The van der Waals surface area contributed by atoms with Crippen LogP contribution in [-0.2, 0) is 16.6 Å². The van der Waals surface area contributed by atoms with E-state index >= 15 is 4.39 Å². The molecule has 0 atom stereocenters. The van der Waals surface area contributed by atoms with Gasteiger partial charge in [0.2, 0.25) is 4.80 Å². The summed E-state index contributed by atoms with van der Waals surface area (Å²) in [5.41, 5.74) is 6.53. The smallest absolute Gasteiger partial charge is 0.330 e. The molecule has 7 nitrogen and oxygen atoms in total. The molecule has 0 aliphatic rings. The second-order valence-corrected chi connectivity index (χ2v) is 13.6. The maximum Gasteiger partial charge on any atom is 0.330 e. The predicted molar refractivity (Wildman–Crippen MR) is 214 cm³/mol. The zero-order chi connectivity index (χ0) is 37.5. The topological polar surface area (TPSA) is 85.4 Å². The van der Waals surface area contributed by atoms with E-state index in [9.17, 15) is 9.90 Å². The lowest BCUT2D eigenvalue weighted by molar-refractivity contribution is -0.137. The number of thiazole rings is 1. The van der Waals surface area contributed by atoms with Crippen molar-refractivity contribution in [3.05, 3.63) is 143 Å². The number of aromatic hydroxyl groups is 1. The van der Waals surface area contributed by atoms with Crippen LogP contribution in [0, 0.1) is 5.82 Å². The van der Waals surface area contributed by atoms with Gasteiger partial charge in [-0.15, -0.1) is 5.10 Å². The summed E-state index contributed by atoms with van der Waals surface area (Å²) in [5, 5.41) is 21.4. The number of hydrogen-bond acceptors (Lipinski definition) is 7. The largest absolute Gasteiger partial charge is 0.507 e. The number of fused-ring (bicyclic) bond motifs is 1. The second-order valence-electron chi connectivity index (χ2n) is 12.1. The van der Waals surface area contributed by atoms with Crippen molar-refractivity contribution >= 4 is 50.9 Å². The molecule has 268 valence electrons. The Morgan fingerprint density at radius 1 is 0.962 bits per heavy atom. The highest BCUT2D eigenvalue weighted by Crippen LogP contribution is 2.40. The molecule has 1 heterocycles. The monoisotopic (exact) mass is 745 g/mol. The van der Waals surface area contributed by atoms with Gasteiger partial charge >= 0.3 is 5.97 Å². The lowest BCUT2D eigenvalue weighted by atomic mass is 9.90. The molecule has 1 N–H and O–H groups in total. The third kappa shape index (κ3) is 8.49. The quantitative estimate of drug-likeness (QED) is 0.0444. The average molecular weight is 746 g/mol. The van der Waals surface area contributed by atoms with Crippen LogP contribution in [0.2, 0.25) is 5.02 Å². The first-order valence-electron chi connectivity index (χ1n) is 16.9. The van der Waals surface area contributed by atoms with Crippen molar-refractivity contribution in [2.75, 3.05) is 13.2 Å². The number of phenolic OH excluding ortho intramolecular Hbond substituents is 1. The Morgan fingerprint density at radius 2 is 1.72 bits per heavy atom. The van der Waals surface area contributed by atoms with Gasteiger partial charge in [0, 0.05) is 41.3 Å². The third-order valence-electron chi connectivity index (χ3n) is 8.58. The predicted octanol–water partition coefficient (Wildman–Crippen LogP) is 10.6. The van der Waals surface area contributed by atoms with E-state index in [1.54, 1.807) is 42.5 Å². The first kappa shape index (κ1) is 37.0. The van der Waals surface area contributed by atoms with Crippen molar-refractivity contribution in [2.24, 2.45) is 17.3 Å². The van der Waals surface area contributed by atoms with Crippen LogP contribution in [0.15, 0.2) is 126 Å². The Balaban J connectivity index is 1.35. The maximum absolute atomic E-state index is 15.9. The molecule has 0 unspecified atom stereocenters. The van der Waals surface area contributed by atoms with E-state index < -0.39 is 11.8 Å². The summed E-state index contributed by atoms with van der Waals surface area (Å²) in [7, 11) is 1.94. The molecule has 6 aromatic rings. The van der Waals surface area contributed by atoms with E-state index in [2.05, 4.69) is 16.8 Å². The number of aromatic nitrogens is 1. The van der Waals surface area contributed by atoms with Gasteiger partial charge in [-0.2, -0.15) is 5.10 Å². The van der Waals surface area contributed by atoms with Crippen molar-refractivity contribution in [3.8, 4) is 44.9 Å². The number of rotatable bonds is 12. The molecular weight excluding hydrogens is 709 g/mol. The molecule has 0 aliphatic carbocycles. The number of esters is 1. The van der Waals surface area contributed by atoms with Gasteiger partial charge in [0.1, 0.15) is 17.3 Å². The van der Waals surface area contributed by atoms with E-state index in [0.29, 0.717) is 67.7 Å². The van der Waals surface area contributed by atoms with Gasteiger partial charge < -0.3 is 19.1 Å². The van der Waals surface area contributed by atoms with Crippen molar-refractivity contribution in [1.29, 1.82) is 0 Å². The van der Waals surface area contributed by atoms with Crippen LogP contribution < -0.4 is 9.54 Å². The third-order valence-corrected chi connectivity index (χ3v) is 10.0. The number of halogens is 2. The number of nitrogens with zero attached hydrogens (tertiary/aromatic N) is 3. The fourth-order valence-electron chi connectivity index (χ4n) is 5.87. The number of phenols is 1. The Kier molecular flexibility index (Phi) is 11.7. The fourth-order valence-corrected chi connectivity index (χ4v) is 7.08. The number of para-hydroxylation sites is 1. The Morgan fingerprint density at radius 3 is 2.43 bits per heavy atom. The van der Waals surface area contributed by atoms with E-state index in [4.69, 9.17) is 21.1 Å². The minimum atomic E-state index is -0.474. The van der Waals surface area contributed by atoms with Gasteiger partial charge in [0.15, 0.2) is 0 Å². The molecule has 0 saturated carbocycles. The van der Waals surface area contributed by atoms with Crippen LogP contribution in [0.3, 0.4) is 0 Å². The molecule has 6 rings (SSSR count). The highest BCUT2D eigenvalue weighted by molar-refractivity contribution is 7.16. The molecule has 53 heavy (non-hydrogen) atoms. The van der Waals surface area contributed by atoms with E-state index in [1.165, 1.54) is 17.4 Å². The average Bonchev–Trinajstić information content (AvgIpc) is 3.49. The minimum Gasteiger partial charge on any atom is -0.507 e. The minimum absolute atomic E-state index is 0.0407. The first-order chi connectivity index (χ1) is 25.7. The Hall–Kier alpha value is -5.77. The van der Waals surface area contributed by atoms with Crippen LogP contribution in [0.5, 0.6) is 11.5 Å². The number of aryl methyl sites for hydroxylation is 1. The standard InChI is InChI=1S/C43H37ClFN3O4S/c1-5-10-29-13-14-30(24-36(29)44)32-23-35(27(3)46-47-43-48(4)38-11-7-8-12-40(38)53-43)42(39(49)26-32)31-17-20-34(37(45)25-31)28-15-18-33(19-16-28)51-21-9-22-52-41(50)6-2/h5-8,10-20,23-26,49H,2,9,21-22H2,1,3-4H3/b10-5+,46-27+,47-43-. The normalized spacial score (nSPS) is 12.1. The number of hydrogen-bond donors (Lipinski definition) is 1. The molecule has 0 amide bonds. The van der Waals surface area contributed by atoms with E-state index in [0.717, 1.165) is 27.4 Å². The molecule has 0 saturated heterocycles. The van der Waals surface area contributed by atoms with Crippen molar-refractivity contribution in [1.82, 2.24) is 4.57 Å². The molecule has 0 fully saturated rings. The van der Waals surface area contributed by atoms with Crippen LogP contribution >= 0.6 is 22.9 Å². The zero-order valence-corrected chi connectivity index (χ0v) is 31.0. The summed E-state index contributed by atoms with van der Waals surface area (Å²) in [4.78, 5) is 11.9. The molecule has 0 bridgehead atoms. The van der Waals surface area contributed by atoms with Crippen LogP contribution in [0.4, 0.5) is 4.39 Å². The van der Waals surface area contributed by atoms with Gasteiger partial charge in [-0.3, -0.25) is 0 Å². The highest BCUT2D eigenvalue weighted by Gasteiger charge is 2.19. The lowest BCUT2D eigenvalue weighted by Gasteiger charge is -2.16. The van der Waals surface area contributed by atoms with Crippen LogP contribution in [-0.4, -0.2) is 34.6 Å². The molecule has 1 aromatic heterocycles. The summed E-state index contributed by atoms with van der Waals surface area (Å²) < 4.78 is 29.7. The molecule has 0 radical (unpaired) electrons. The summed E-state index contributed by atoms with van der Waals surface area (Å²) in [6.07, 6.45) is 5.49. The number of carbonyl (C=O) groups excluding carboxylic acids is 1. The number of carbonyl (C=O) groups is 1. The summed E-state index contributed by atoms with van der Waals surface area (Å²) in [6.45, 7) is 7.70. The van der Waals surface area contributed by atoms with Gasteiger partial charge in [-0.1, -0.05) is 90.2 Å². The summed E-state index contributed by atoms with van der Waals surface area (Å²) >= 11 is 8.14. The van der Waals surface area contributed by atoms with Crippen molar-refractivity contribution in [2.45, 2.75) is 20.3 Å². The first-order valence-corrected chi connectivity index (χ1v) is 18.1. The van der Waals surface area contributed by atoms with E-state index in [-0.39, 0.29) is 12.4 Å². The second kappa shape index (κ2) is 16.7. The number of benzene rings is 5. The zero-order valence-electron chi connectivity index (χ0n) is 29.5. The fraction of sp³-hybridized carbons (Fsp3) is 0.140. The lowest BCUT2D eigenvalue weighted by Crippen LogP contribution is -2.09. The van der Waals surface area contributed by atoms with Gasteiger partial charge in [0.05, 0.1) is 29.1 Å². The molecular formula is C43H37ClFN3O4S. The van der Waals surface area contributed by atoms with Gasteiger partial charge in [-0.25, -0.2) is 9.18 Å². The van der Waals surface area contributed by atoms with Crippen molar-refractivity contribution < 1.29 is 23.8 Å². The molecule has 0 aliphatic heterocycles. The molecule has 5 aromatic carbocycles.